The van der Waals surface area contributed by atoms with E-state index < -0.39 is 5.82 Å². The van der Waals surface area contributed by atoms with Crippen LogP contribution in [0.15, 0.2) is 54.6 Å². The van der Waals surface area contributed by atoms with Crippen molar-refractivity contribution in [2.45, 2.75) is 12.8 Å². The lowest BCUT2D eigenvalue weighted by atomic mass is 9.96. The van der Waals surface area contributed by atoms with Crippen LogP contribution in [0.2, 0.25) is 5.02 Å². The molecule has 1 aromatic heterocycles. The number of carbonyl (C=O) groups excluding carboxylic acids is 2. The van der Waals surface area contributed by atoms with Crippen molar-refractivity contribution in [3.05, 3.63) is 71.1 Å². The smallest absolute Gasteiger partial charge is 0.272 e. The Labute approximate surface area is 178 Å². The molecule has 8 heteroatoms. The summed E-state index contributed by atoms with van der Waals surface area (Å²) in [5.41, 5.74) is 6.83. The predicted octanol–water partition coefficient (Wildman–Crippen LogP) is 3.67. The number of carbonyl (C=O) groups is 2. The van der Waals surface area contributed by atoms with E-state index in [1.54, 1.807) is 53.4 Å². The van der Waals surface area contributed by atoms with E-state index in [2.05, 4.69) is 5.10 Å². The van der Waals surface area contributed by atoms with Gasteiger partial charge >= 0.3 is 0 Å². The topological polar surface area (TPSA) is 81.2 Å². The number of benzene rings is 2. The minimum Gasteiger partial charge on any atom is -0.369 e. The highest BCUT2D eigenvalue weighted by Gasteiger charge is 2.29. The van der Waals surface area contributed by atoms with Gasteiger partial charge in [-0.3, -0.25) is 9.59 Å². The van der Waals surface area contributed by atoms with E-state index in [0.717, 1.165) is 0 Å². The lowest BCUT2D eigenvalue weighted by Gasteiger charge is -2.30. The van der Waals surface area contributed by atoms with E-state index in [4.69, 9.17) is 17.3 Å². The Bertz CT molecular complexity index is 1110. The number of para-hydroxylation sites is 1. The largest absolute Gasteiger partial charge is 0.369 e. The molecular weight excluding hydrogens is 407 g/mol. The number of likely N-dealkylation sites (tertiary alicyclic amines) is 1. The molecule has 30 heavy (non-hydrogen) atoms. The van der Waals surface area contributed by atoms with Gasteiger partial charge in [0.25, 0.3) is 5.91 Å². The van der Waals surface area contributed by atoms with Gasteiger partial charge in [-0.2, -0.15) is 5.10 Å². The molecule has 3 aromatic rings. The molecule has 0 radical (unpaired) electrons. The van der Waals surface area contributed by atoms with Crippen LogP contribution in [0.4, 0.5) is 4.39 Å². The number of nitrogens with two attached hydrogens (primary N) is 1. The highest BCUT2D eigenvalue weighted by atomic mass is 35.5. The van der Waals surface area contributed by atoms with Crippen molar-refractivity contribution in [3.8, 4) is 16.9 Å². The number of aromatic nitrogens is 2. The van der Waals surface area contributed by atoms with Crippen molar-refractivity contribution in [2.24, 2.45) is 11.7 Å². The number of primary amides is 1. The summed E-state index contributed by atoms with van der Waals surface area (Å²) in [5, 5.41) is 4.92. The van der Waals surface area contributed by atoms with Crippen molar-refractivity contribution in [3.63, 3.8) is 0 Å². The molecule has 1 saturated heterocycles. The molecule has 2 heterocycles. The maximum atomic E-state index is 14.4. The van der Waals surface area contributed by atoms with Crippen LogP contribution in [0, 0.1) is 11.7 Å². The zero-order valence-electron chi connectivity index (χ0n) is 16.1. The predicted molar refractivity (Wildman–Crippen MR) is 112 cm³/mol. The maximum Gasteiger partial charge on any atom is 0.272 e. The molecule has 1 aliphatic rings. The van der Waals surface area contributed by atoms with Crippen LogP contribution < -0.4 is 5.73 Å². The van der Waals surface area contributed by atoms with Gasteiger partial charge in [-0.05, 0) is 43.2 Å². The second-order valence-corrected chi connectivity index (χ2v) is 7.63. The number of rotatable bonds is 4. The van der Waals surface area contributed by atoms with Gasteiger partial charge in [-0.25, -0.2) is 9.07 Å². The fourth-order valence-corrected chi connectivity index (χ4v) is 3.89. The summed E-state index contributed by atoms with van der Waals surface area (Å²) in [6, 6.07) is 14.9. The number of nitrogens with zero attached hydrogens (tertiary/aromatic N) is 3. The number of halogens is 2. The first kappa shape index (κ1) is 20.1. The molecule has 154 valence electrons. The van der Waals surface area contributed by atoms with Gasteiger partial charge in [-0.1, -0.05) is 35.9 Å². The average molecular weight is 427 g/mol. The van der Waals surface area contributed by atoms with E-state index in [1.165, 1.54) is 10.7 Å². The van der Waals surface area contributed by atoms with Crippen LogP contribution in [-0.4, -0.2) is 39.6 Å². The summed E-state index contributed by atoms with van der Waals surface area (Å²) in [7, 11) is 0. The van der Waals surface area contributed by atoms with Gasteiger partial charge in [0.2, 0.25) is 5.91 Å². The third kappa shape index (κ3) is 3.80. The second-order valence-electron chi connectivity index (χ2n) is 7.23. The van der Waals surface area contributed by atoms with E-state index in [1.807, 2.05) is 0 Å². The fourth-order valence-electron chi connectivity index (χ4n) is 3.67. The first-order chi connectivity index (χ1) is 14.5. The molecule has 2 amide bonds. The number of piperidine rings is 1. The third-order valence-electron chi connectivity index (χ3n) is 5.34. The Morgan fingerprint density at radius 3 is 2.40 bits per heavy atom. The first-order valence-corrected chi connectivity index (χ1v) is 10.0. The minimum absolute atomic E-state index is 0.225. The standard InChI is InChI=1S/C22H20ClFN4O2/c23-16-6-2-4-8-19(16)28-20(13-18(26-28)15-5-1-3-7-17(15)24)22(30)27-11-9-14(10-12-27)21(25)29/h1-8,13-14H,9-12H2,(H2,25,29). The van der Waals surface area contributed by atoms with E-state index >= 15 is 0 Å². The molecule has 0 atom stereocenters. The Hall–Kier alpha value is -3.19. The lowest BCUT2D eigenvalue weighted by molar-refractivity contribution is -0.123. The van der Waals surface area contributed by atoms with Gasteiger partial charge < -0.3 is 10.6 Å². The van der Waals surface area contributed by atoms with Gasteiger partial charge in [-0.15, -0.1) is 0 Å². The number of hydrogen-bond acceptors (Lipinski definition) is 3. The summed E-state index contributed by atoms with van der Waals surface area (Å²) >= 11 is 6.35. The van der Waals surface area contributed by atoms with Crippen molar-refractivity contribution in [1.29, 1.82) is 0 Å². The molecular formula is C22H20ClFN4O2. The fraction of sp³-hybridized carbons (Fsp3) is 0.227. The highest BCUT2D eigenvalue weighted by molar-refractivity contribution is 6.32. The maximum absolute atomic E-state index is 14.4. The van der Waals surface area contributed by atoms with Crippen molar-refractivity contribution in [2.75, 3.05) is 13.1 Å². The summed E-state index contributed by atoms with van der Waals surface area (Å²) in [6.45, 7) is 0.824. The first-order valence-electron chi connectivity index (χ1n) is 9.64. The molecule has 0 unspecified atom stereocenters. The summed E-state index contributed by atoms with van der Waals surface area (Å²) in [6.07, 6.45) is 1.03. The van der Waals surface area contributed by atoms with Crippen LogP contribution in [0.25, 0.3) is 16.9 Å². The quantitative estimate of drug-likeness (QED) is 0.691. The van der Waals surface area contributed by atoms with Gasteiger partial charge in [0.1, 0.15) is 11.5 Å². The van der Waals surface area contributed by atoms with E-state index in [-0.39, 0.29) is 23.4 Å². The Balaban J connectivity index is 1.75. The Morgan fingerprint density at radius 2 is 1.73 bits per heavy atom. The zero-order chi connectivity index (χ0) is 21.3. The summed E-state index contributed by atoms with van der Waals surface area (Å²) in [5.74, 6) is -1.25. The molecule has 2 aromatic carbocycles. The molecule has 2 N–H and O–H groups in total. The number of amides is 2. The van der Waals surface area contributed by atoms with Crippen LogP contribution in [0.3, 0.4) is 0 Å². The van der Waals surface area contributed by atoms with Crippen molar-refractivity contribution in [1.82, 2.24) is 14.7 Å². The van der Waals surface area contributed by atoms with Crippen molar-refractivity contribution < 1.29 is 14.0 Å². The van der Waals surface area contributed by atoms with Crippen LogP contribution in [0.1, 0.15) is 23.3 Å². The molecule has 4 rings (SSSR count). The van der Waals surface area contributed by atoms with Gasteiger partial charge in [0.15, 0.2) is 0 Å². The van der Waals surface area contributed by atoms with E-state index in [9.17, 15) is 14.0 Å². The lowest BCUT2D eigenvalue weighted by Crippen LogP contribution is -2.42. The van der Waals surface area contributed by atoms with Crippen molar-refractivity contribution >= 4 is 23.4 Å². The minimum atomic E-state index is -0.428. The van der Waals surface area contributed by atoms with E-state index in [0.29, 0.717) is 47.9 Å². The summed E-state index contributed by atoms with van der Waals surface area (Å²) in [4.78, 5) is 26.4. The van der Waals surface area contributed by atoms with Gasteiger partial charge in [0.05, 0.1) is 16.4 Å². The average Bonchev–Trinajstić information content (AvgIpc) is 3.19. The molecule has 0 aliphatic carbocycles. The Morgan fingerprint density at radius 1 is 1.07 bits per heavy atom. The Kier molecular flexibility index (Phi) is 5.55. The normalized spacial score (nSPS) is 14.7. The molecule has 1 fully saturated rings. The molecule has 6 nitrogen and oxygen atoms in total. The van der Waals surface area contributed by atoms with Crippen LogP contribution in [0.5, 0.6) is 0 Å². The van der Waals surface area contributed by atoms with Crippen LogP contribution >= 0.6 is 11.6 Å². The summed E-state index contributed by atoms with van der Waals surface area (Å²) < 4.78 is 15.8. The SMILES string of the molecule is NC(=O)C1CCN(C(=O)c2cc(-c3ccccc3F)nn2-c2ccccc2Cl)CC1. The third-order valence-corrected chi connectivity index (χ3v) is 5.66. The monoisotopic (exact) mass is 426 g/mol. The molecule has 1 aliphatic heterocycles. The second kappa shape index (κ2) is 8.28. The molecule has 0 spiro atoms. The molecule has 0 bridgehead atoms. The highest BCUT2D eigenvalue weighted by Crippen LogP contribution is 2.28. The zero-order valence-corrected chi connectivity index (χ0v) is 16.8. The van der Waals surface area contributed by atoms with Gasteiger partial charge in [0, 0.05) is 24.6 Å². The molecule has 0 saturated carbocycles. The van der Waals surface area contributed by atoms with Crippen LogP contribution in [-0.2, 0) is 4.79 Å². The number of hydrogen-bond donors (Lipinski definition) is 1.